The van der Waals surface area contributed by atoms with Gasteiger partial charge in [-0.05, 0) is 23.9 Å². The molecule has 0 radical (unpaired) electrons. The second kappa shape index (κ2) is 9.16. The summed E-state index contributed by atoms with van der Waals surface area (Å²) < 4.78 is 5.55. The molecule has 0 aliphatic rings. The number of urea groups is 1. The summed E-state index contributed by atoms with van der Waals surface area (Å²) in [5, 5.41) is 6.28. The van der Waals surface area contributed by atoms with Gasteiger partial charge in [0.05, 0.1) is 0 Å². The summed E-state index contributed by atoms with van der Waals surface area (Å²) in [4.78, 5) is 37.4. The molecule has 0 saturated heterocycles. The third kappa shape index (κ3) is 4.89. The lowest BCUT2D eigenvalue weighted by Gasteiger charge is -2.17. The van der Waals surface area contributed by atoms with Gasteiger partial charge in [-0.2, -0.15) is 0 Å². The van der Waals surface area contributed by atoms with Crippen LogP contribution in [0.2, 0.25) is 0 Å². The Balaban J connectivity index is 1.88. The molecule has 0 saturated carbocycles. The highest BCUT2D eigenvalue weighted by Gasteiger charge is 2.28. The van der Waals surface area contributed by atoms with Gasteiger partial charge in [-0.15, -0.1) is 11.3 Å². The Morgan fingerprint density at radius 1 is 0.966 bits per heavy atom. The number of esters is 1. The van der Waals surface area contributed by atoms with Gasteiger partial charge >= 0.3 is 12.0 Å². The van der Waals surface area contributed by atoms with E-state index in [2.05, 4.69) is 10.6 Å². The molecule has 3 rings (SSSR count). The number of ether oxygens (including phenoxy) is 1. The van der Waals surface area contributed by atoms with Crippen molar-refractivity contribution < 1.29 is 19.1 Å². The van der Waals surface area contributed by atoms with E-state index in [4.69, 9.17) is 4.74 Å². The Morgan fingerprint density at radius 2 is 1.66 bits per heavy atom. The monoisotopic (exact) mass is 408 g/mol. The molecular formula is C22H20N2O4S. The predicted molar refractivity (Wildman–Crippen MR) is 112 cm³/mol. The van der Waals surface area contributed by atoms with Crippen molar-refractivity contribution in [2.24, 2.45) is 0 Å². The molecule has 1 heterocycles. The number of amides is 3. The lowest BCUT2D eigenvalue weighted by atomic mass is 10.0. The van der Waals surface area contributed by atoms with Gasteiger partial charge in [-0.3, -0.25) is 10.1 Å². The number of carbonyl (C=O) groups excluding carboxylic acids is 3. The van der Waals surface area contributed by atoms with Gasteiger partial charge in [0.2, 0.25) is 6.10 Å². The molecule has 2 N–H and O–H groups in total. The minimum absolute atomic E-state index is 0.391. The maximum atomic E-state index is 12.9. The van der Waals surface area contributed by atoms with Crippen LogP contribution in [0.3, 0.4) is 0 Å². The number of aryl methyl sites for hydroxylation is 1. The fourth-order valence-corrected chi connectivity index (χ4v) is 3.53. The SMILES string of the molecule is CNC(=O)NC(=O)[C@H](OC(=O)c1sccc1-c1ccc(C)cc1)c1ccccc1. The molecule has 0 bridgehead atoms. The van der Waals surface area contributed by atoms with Crippen molar-refractivity contribution in [3.8, 4) is 11.1 Å². The van der Waals surface area contributed by atoms with Crippen LogP contribution >= 0.6 is 11.3 Å². The van der Waals surface area contributed by atoms with E-state index < -0.39 is 24.0 Å². The maximum absolute atomic E-state index is 12.9. The van der Waals surface area contributed by atoms with Gasteiger partial charge in [0, 0.05) is 18.2 Å². The Hall–Kier alpha value is -3.45. The average Bonchev–Trinajstić information content (AvgIpc) is 3.22. The lowest BCUT2D eigenvalue weighted by Crippen LogP contribution is -2.41. The number of nitrogens with one attached hydrogen (secondary N) is 2. The Morgan fingerprint density at radius 3 is 2.31 bits per heavy atom. The zero-order valence-electron chi connectivity index (χ0n) is 16.0. The van der Waals surface area contributed by atoms with Gasteiger partial charge in [-0.25, -0.2) is 9.59 Å². The first kappa shape index (κ1) is 20.3. The summed E-state index contributed by atoms with van der Waals surface area (Å²) in [6, 6.07) is 17.5. The Kier molecular flexibility index (Phi) is 6.41. The van der Waals surface area contributed by atoms with E-state index in [1.165, 1.54) is 18.4 Å². The summed E-state index contributed by atoms with van der Waals surface area (Å²) in [6.07, 6.45) is -1.26. The van der Waals surface area contributed by atoms with Crippen LogP contribution in [0.25, 0.3) is 11.1 Å². The summed E-state index contributed by atoms with van der Waals surface area (Å²) in [7, 11) is 1.39. The number of thiophene rings is 1. The van der Waals surface area contributed by atoms with Crippen LogP contribution in [0.1, 0.15) is 26.9 Å². The second-order valence-corrected chi connectivity index (χ2v) is 7.21. The summed E-state index contributed by atoms with van der Waals surface area (Å²) in [5.41, 5.74) is 3.20. The topological polar surface area (TPSA) is 84.5 Å². The van der Waals surface area contributed by atoms with E-state index in [1.54, 1.807) is 35.7 Å². The summed E-state index contributed by atoms with van der Waals surface area (Å²) in [6.45, 7) is 1.99. The fourth-order valence-electron chi connectivity index (χ4n) is 2.73. The van der Waals surface area contributed by atoms with Crippen molar-refractivity contribution in [2.45, 2.75) is 13.0 Å². The number of carbonyl (C=O) groups is 3. The van der Waals surface area contributed by atoms with E-state index in [0.29, 0.717) is 10.4 Å². The first-order valence-electron chi connectivity index (χ1n) is 8.92. The van der Waals surface area contributed by atoms with Crippen LogP contribution in [0, 0.1) is 6.92 Å². The Bertz CT molecular complexity index is 1010. The zero-order chi connectivity index (χ0) is 20.8. The molecule has 148 valence electrons. The molecule has 1 atom stereocenters. The van der Waals surface area contributed by atoms with Crippen LogP contribution in [0.15, 0.2) is 66.0 Å². The molecule has 0 aliphatic heterocycles. The predicted octanol–water partition coefficient (Wildman–Crippen LogP) is 4.08. The van der Waals surface area contributed by atoms with E-state index >= 15 is 0 Å². The van der Waals surface area contributed by atoms with E-state index in [0.717, 1.165) is 16.7 Å². The highest BCUT2D eigenvalue weighted by Crippen LogP contribution is 2.31. The summed E-state index contributed by atoms with van der Waals surface area (Å²) >= 11 is 1.24. The molecule has 0 unspecified atom stereocenters. The van der Waals surface area contributed by atoms with Crippen molar-refractivity contribution >= 4 is 29.2 Å². The van der Waals surface area contributed by atoms with Crippen LogP contribution in [-0.2, 0) is 9.53 Å². The van der Waals surface area contributed by atoms with Crippen molar-refractivity contribution in [3.63, 3.8) is 0 Å². The molecule has 3 aromatic rings. The average molecular weight is 408 g/mol. The largest absolute Gasteiger partial charge is 0.443 e. The van der Waals surface area contributed by atoms with Crippen LogP contribution in [-0.4, -0.2) is 25.0 Å². The quantitative estimate of drug-likeness (QED) is 0.623. The Labute approximate surface area is 172 Å². The van der Waals surface area contributed by atoms with Gasteiger partial charge < -0.3 is 10.1 Å². The molecule has 6 nitrogen and oxygen atoms in total. The smallest absolute Gasteiger partial charge is 0.350 e. The van der Waals surface area contributed by atoms with Crippen molar-refractivity contribution in [1.29, 1.82) is 0 Å². The summed E-state index contributed by atoms with van der Waals surface area (Å²) in [5.74, 6) is -1.35. The molecule has 0 spiro atoms. The lowest BCUT2D eigenvalue weighted by molar-refractivity contribution is -0.129. The molecular weight excluding hydrogens is 388 g/mol. The first-order valence-corrected chi connectivity index (χ1v) is 9.80. The third-order valence-electron chi connectivity index (χ3n) is 4.24. The third-order valence-corrected chi connectivity index (χ3v) is 5.14. The van der Waals surface area contributed by atoms with E-state index in [-0.39, 0.29) is 0 Å². The second-order valence-electron chi connectivity index (χ2n) is 6.29. The molecule has 29 heavy (non-hydrogen) atoms. The van der Waals surface area contributed by atoms with Crippen LogP contribution in [0.5, 0.6) is 0 Å². The van der Waals surface area contributed by atoms with Crippen LogP contribution in [0.4, 0.5) is 4.79 Å². The number of hydrogen-bond acceptors (Lipinski definition) is 5. The van der Waals surface area contributed by atoms with Crippen molar-refractivity contribution in [1.82, 2.24) is 10.6 Å². The highest BCUT2D eigenvalue weighted by atomic mass is 32.1. The normalized spacial score (nSPS) is 11.4. The number of benzene rings is 2. The number of imide groups is 1. The van der Waals surface area contributed by atoms with Crippen molar-refractivity contribution in [3.05, 3.63) is 82.0 Å². The zero-order valence-corrected chi connectivity index (χ0v) is 16.8. The van der Waals surface area contributed by atoms with Gasteiger partial charge in [-0.1, -0.05) is 60.2 Å². The number of rotatable bonds is 5. The number of hydrogen-bond donors (Lipinski definition) is 2. The van der Waals surface area contributed by atoms with E-state index in [1.807, 2.05) is 37.3 Å². The molecule has 3 amide bonds. The van der Waals surface area contributed by atoms with Gasteiger partial charge in [0.15, 0.2) is 0 Å². The highest BCUT2D eigenvalue weighted by molar-refractivity contribution is 7.12. The van der Waals surface area contributed by atoms with E-state index in [9.17, 15) is 14.4 Å². The standard InChI is InChI=1S/C22H20N2O4S/c1-14-8-10-15(11-9-14)17-12-13-29-19(17)21(26)28-18(16-6-4-3-5-7-16)20(25)24-22(27)23-2/h3-13,18H,1-2H3,(H2,23,24,25,27)/t18-/m1/s1. The first-order chi connectivity index (χ1) is 14.0. The minimum atomic E-state index is -1.26. The van der Waals surface area contributed by atoms with Gasteiger partial charge in [0.1, 0.15) is 4.88 Å². The van der Waals surface area contributed by atoms with Crippen molar-refractivity contribution in [2.75, 3.05) is 7.05 Å². The molecule has 7 heteroatoms. The fraction of sp³-hybridized carbons (Fsp3) is 0.136. The molecule has 1 aromatic heterocycles. The maximum Gasteiger partial charge on any atom is 0.350 e. The van der Waals surface area contributed by atoms with Gasteiger partial charge in [0.25, 0.3) is 5.91 Å². The molecule has 2 aromatic carbocycles. The molecule has 0 fully saturated rings. The van der Waals surface area contributed by atoms with Crippen LogP contribution < -0.4 is 10.6 Å². The minimum Gasteiger partial charge on any atom is -0.443 e. The molecule has 0 aliphatic carbocycles.